The van der Waals surface area contributed by atoms with E-state index in [1.165, 1.54) is 0 Å². The highest BCUT2D eigenvalue weighted by molar-refractivity contribution is 7.89. The van der Waals surface area contributed by atoms with E-state index < -0.39 is 10.0 Å². The number of benzene rings is 1. The van der Waals surface area contributed by atoms with Crippen molar-refractivity contribution in [3.63, 3.8) is 0 Å². The van der Waals surface area contributed by atoms with Crippen LogP contribution in [0.5, 0.6) is 0 Å². The second-order valence-corrected chi connectivity index (χ2v) is 6.44. The molecule has 2 rings (SSSR count). The van der Waals surface area contributed by atoms with Gasteiger partial charge in [0.1, 0.15) is 0 Å². The smallest absolute Gasteiger partial charge is 0.238 e. The Labute approximate surface area is 114 Å². The van der Waals surface area contributed by atoms with Crippen LogP contribution in [0.2, 0.25) is 0 Å². The summed E-state index contributed by atoms with van der Waals surface area (Å²) in [7, 11) is -3.59. The van der Waals surface area contributed by atoms with Crippen LogP contribution in [0.4, 0.5) is 0 Å². The Balaban J connectivity index is 1.80. The molecule has 6 heteroatoms. The van der Waals surface area contributed by atoms with Crippen LogP contribution < -0.4 is 10.5 Å². The predicted octanol–water partition coefficient (Wildman–Crippen LogP) is 0.850. The Bertz CT molecular complexity index is 493. The van der Waals surface area contributed by atoms with Gasteiger partial charge in [-0.3, -0.25) is 0 Å². The molecule has 0 radical (unpaired) electrons. The summed E-state index contributed by atoms with van der Waals surface area (Å²) in [5, 5.41) is 8.44. The molecule has 106 valence electrons. The fourth-order valence-electron chi connectivity index (χ4n) is 2.17. The van der Waals surface area contributed by atoms with Gasteiger partial charge in [-0.2, -0.15) is 0 Å². The van der Waals surface area contributed by atoms with Crippen LogP contribution in [0.25, 0.3) is 0 Å². The first-order valence-corrected chi connectivity index (χ1v) is 8.00. The van der Waals surface area contributed by atoms with Crippen LogP contribution in [0.1, 0.15) is 18.4 Å². The molecule has 1 aromatic carbocycles. The molecular formula is C13H20N2O3S. The van der Waals surface area contributed by atoms with Gasteiger partial charge in [-0.25, -0.2) is 13.6 Å². The number of ether oxygens (including phenoxy) is 1. The molecule has 1 aliphatic heterocycles. The number of hydrogen-bond acceptors (Lipinski definition) is 4. The highest BCUT2D eigenvalue weighted by Crippen LogP contribution is 2.14. The minimum Gasteiger partial charge on any atom is -0.381 e. The lowest BCUT2D eigenvalue weighted by Gasteiger charge is -2.22. The molecule has 1 aliphatic rings. The molecule has 3 N–H and O–H groups in total. The number of nitrogens with two attached hydrogens (primary N) is 1. The van der Waals surface area contributed by atoms with E-state index in [0.29, 0.717) is 5.92 Å². The van der Waals surface area contributed by atoms with Gasteiger partial charge < -0.3 is 10.1 Å². The van der Waals surface area contributed by atoms with E-state index in [-0.39, 0.29) is 4.90 Å². The first-order chi connectivity index (χ1) is 9.05. The normalized spacial score (nSPS) is 17.5. The summed E-state index contributed by atoms with van der Waals surface area (Å²) in [4.78, 5) is 0.153. The zero-order valence-corrected chi connectivity index (χ0v) is 11.7. The highest BCUT2D eigenvalue weighted by Gasteiger charge is 2.13. The minimum absolute atomic E-state index is 0.153. The largest absolute Gasteiger partial charge is 0.381 e. The number of sulfonamides is 1. The molecule has 19 heavy (non-hydrogen) atoms. The summed E-state index contributed by atoms with van der Waals surface area (Å²) in [5.41, 5.74) is 1.06. The van der Waals surface area contributed by atoms with Crippen molar-refractivity contribution in [3.05, 3.63) is 29.8 Å². The predicted molar refractivity (Wildman–Crippen MR) is 73.1 cm³/mol. The molecule has 0 bridgehead atoms. The summed E-state index contributed by atoms with van der Waals surface area (Å²) in [6, 6.07) is 6.66. The molecule has 1 heterocycles. The maximum absolute atomic E-state index is 11.1. The quantitative estimate of drug-likeness (QED) is 0.840. The Morgan fingerprint density at radius 1 is 1.21 bits per heavy atom. The van der Waals surface area contributed by atoms with Gasteiger partial charge in [0.05, 0.1) is 4.90 Å². The molecule has 0 saturated carbocycles. The minimum atomic E-state index is -3.59. The maximum atomic E-state index is 11.1. The van der Waals surface area contributed by atoms with Crippen LogP contribution in [-0.4, -0.2) is 28.2 Å². The van der Waals surface area contributed by atoms with Gasteiger partial charge in [0.15, 0.2) is 0 Å². The lowest BCUT2D eigenvalue weighted by molar-refractivity contribution is 0.0662. The first-order valence-electron chi connectivity index (χ1n) is 6.46. The van der Waals surface area contributed by atoms with Gasteiger partial charge in [0.2, 0.25) is 10.0 Å². The Morgan fingerprint density at radius 3 is 2.42 bits per heavy atom. The molecule has 0 amide bonds. The van der Waals surface area contributed by atoms with Crippen molar-refractivity contribution in [2.24, 2.45) is 11.1 Å². The van der Waals surface area contributed by atoms with Crippen LogP contribution in [0.15, 0.2) is 29.2 Å². The van der Waals surface area contributed by atoms with Crippen molar-refractivity contribution in [3.8, 4) is 0 Å². The summed E-state index contributed by atoms with van der Waals surface area (Å²) in [6.07, 6.45) is 2.22. The van der Waals surface area contributed by atoms with Gasteiger partial charge in [-0.1, -0.05) is 12.1 Å². The lowest BCUT2D eigenvalue weighted by Crippen LogP contribution is -2.27. The van der Waals surface area contributed by atoms with E-state index in [1.54, 1.807) is 24.3 Å². The van der Waals surface area contributed by atoms with Crippen LogP contribution in [0, 0.1) is 5.92 Å². The monoisotopic (exact) mass is 284 g/mol. The lowest BCUT2D eigenvalue weighted by atomic mass is 10.0. The van der Waals surface area contributed by atoms with Gasteiger partial charge in [0, 0.05) is 19.8 Å². The molecule has 1 fully saturated rings. The van der Waals surface area contributed by atoms with E-state index >= 15 is 0 Å². The van der Waals surface area contributed by atoms with Crippen LogP contribution in [0.3, 0.4) is 0 Å². The van der Waals surface area contributed by atoms with E-state index in [0.717, 1.165) is 44.7 Å². The second-order valence-electron chi connectivity index (χ2n) is 4.88. The summed E-state index contributed by atoms with van der Waals surface area (Å²) < 4.78 is 27.5. The molecule has 1 saturated heterocycles. The van der Waals surface area contributed by atoms with Crippen molar-refractivity contribution < 1.29 is 13.2 Å². The zero-order valence-electron chi connectivity index (χ0n) is 10.8. The molecular weight excluding hydrogens is 264 g/mol. The van der Waals surface area contributed by atoms with Gasteiger partial charge in [0.25, 0.3) is 0 Å². The van der Waals surface area contributed by atoms with E-state index in [4.69, 9.17) is 9.88 Å². The van der Waals surface area contributed by atoms with Crippen molar-refractivity contribution in [2.45, 2.75) is 24.3 Å². The average Bonchev–Trinajstić information content (AvgIpc) is 2.39. The van der Waals surface area contributed by atoms with Crippen molar-refractivity contribution >= 4 is 10.0 Å². The fourth-order valence-corrected chi connectivity index (χ4v) is 2.68. The van der Waals surface area contributed by atoms with E-state index in [9.17, 15) is 8.42 Å². The topological polar surface area (TPSA) is 81.4 Å². The van der Waals surface area contributed by atoms with Gasteiger partial charge in [-0.05, 0) is 43.0 Å². The average molecular weight is 284 g/mol. The second kappa shape index (κ2) is 6.47. The van der Waals surface area contributed by atoms with Crippen LogP contribution >= 0.6 is 0 Å². The zero-order chi connectivity index (χ0) is 13.7. The van der Waals surface area contributed by atoms with Crippen molar-refractivity contribution in [1.29, 1.82) is 0 Å². The molecule has 0 aliphatic carbocycles. The first kappa shape index (κ1) is 14.5. The summed E-state index contributed by atoms with van der Waals surface area (Å²) >= 11 is 0. The van der Waals surface area contributed by atoms with Gasteiger partial charge in [-0.15, -0.1) is 0 Å². The Kier molecular flexibility index (Phi) is 4.93. The van der Waals surface area contributed by atoms with Gasteiger partial charge >= 0.3 is 0 Å². The third-order valence-corrected chi connectivity index (χ3v) is 4.28. The van der Waals surface area contributed by atoms with E-state index in [1.807, 2.05) is 0 Å². The van der Waals surface area contributed by atoms with Crippen molar-refractivity contribution in [2.75, 3.05) is 19.8 Å². The highest BCUT2D eigenvalue weighted by atomic mass is 32.2. The molecule has 1 aromatic rings. The maximum Gasteiger partial charge on any atom is 0.238 e. The Morgan fingerprint density at radius 2 is 1.84 bits per heavy atom. The van der Waals surface area contributed by atoms with E-state index in [2.05, 4.69) is 5.32 Å². The van der Waals surface area contributed by atoms with Crippen molar-refractivity contribution in [1.82, 2.24) is 5.32 Å². The third-order valence-electron chi connectivity index (χ3n) is 3.35. The molecule has 0 aromatic heterocycles. The fraction of sp³-hybridized carbons (Fsp3) is 0.538. The SMILES string of the molecule is NS(=O)(=O)c1ccc(CNCC2CCOCC2)cc1. The number of hydrogen-bond donors (Lipinski definition) is 2. The summed E-state index contributed by atoms with van der Waals surface area (Å²) in [5.74, 6) is 0.678. The number of nitrogens with one attached hydrogen (secondary N) is 1. The molecule has 5 nitrogen and oxygen atoms in total. The molecule has 0 atom stereocenters. The Hall–Kier alpha value is -0.950. The number of primary sulfonamides is 1. The molecule has 0 spiro atoms. The summed E-state index contributed by atoms with van der Waals surface area (Å²) in [6.45, 7) is 3.42. The van der Waals surface area contributed by atoms with Crippen LogP contribution in [-0.2, 0) is 21.3 Å². The standard InChI is InChI=1S/C13H20N2O3S/c14-19(16,17)13-3-1-11(2-4-13)9-15-10-12-5-7-18-8-6-12/h1-4,12,15H,5-10H2,(H2,14,16,17). The third kappa shape index (κ3) is 4.58. The number of rotatable bonds is 5. The molecule has 0 unspecified atom stereocenters.